The summed E-state index contributed by atoms with van der Waals surface area (Å²) in [4.78, 5) is 28.3. The number of hydrogen-bond acceptors (Lipinski definition) is 2. The first-order valence-corrected chi connectivity index (χ1v) is 7.83. The molecular weight excluding hydrogens is 288 g/mol. The maximum Gasteiger partial charge on any atom is 0.327 e. The molecule has 1 atom stereocenters. The highest BCUT2D eigenvalue weighted by Crippen LogP contribution is 2.20. The molecule has 1 aliphatic rings. The maximum atomic E-state index is 12.7. The molecule has 4 heteroatoms. The Bertz CT molecular complexity index is 685. The van der Waals surface area contributed by atoms with Crippen LogP contribution in [-0.4, -0.2) is 28.3 Å². The molecule has 0 spiro atoms. The highest BCUT2D eigenvalue weighted by atomic mass is 16.2. The lowest BCUT2D eigenvalue weighted by Gasteiger charge is -2.37. The van der Waals surface area contributed by atoms with Gasteiger partial charge in [-0.05, 0) is 11.1 Å². The van der Waals surface area contributed by atoms with E-state index in [-0.39, 0.29) is 17.9 Å². The van der Waals surface area contributed by atoms with Crippen molar-refractivity contribution in [1.82, 2.24) is 9.80 Å². The van der Waals surface area contributed by atoms with E-state index >= 15 is 0 Å². The molecule has 0 aliphatic carbocycles. The minimum atomic E-state index is -0.208. The topological polar surface area (TPSA) is 40.6 Å². The average Bonchev–Trinajstić information content (AvgIpc) is 2.58. The van der Waals surface area contributed by atoms with Crippen molar-refractivity contribution in [2.45, 2.75) is 20.0 Å². The summed E-state index contributed by atoms with van der Waals surface area (Å²) in [6.07, 6.45) is 0. The number of imide groups is 1. The molecule has 0 bridgehead atoms. The van der Waals surface area contributed by atoms with Gasteiger partial charge in [-0.25, -0.2) is 4.79 Å². The zero-order valence-electron chi connectivity index (χ0n) is 13.2. The summed E-state index contributed by atoms with van der Waals surface area (Å²) < 4.78 is 0. The summed E-state index contributed by atoms with van der Waals surface area (Å²) in [6, 6.07) is 19.3. The van der Waals surface area contributed by atoms with Gasteiger partial charge in [0.15, 0.2) is 0 Å². The highest BCUT2D eigenvalue weighted by molar-refractivity contribution is 5.97. The Morgan fingerprint density at radius 3 is 1.96 bits per heavy atom. The van der Waals surface area contributed by atoms with Gasteiger partial charge in [0.1, 0.15) is 0 Å². The first-order chi connectivity index (χ1) is 11.1. The van der Waals surface area contributed by atoms with Crippen molar-refractivity contribution in [3.63, 3.8) is 0 Å². The molecule has 0 radical (unpaired) electrons. The van der Waals surface area contributed by atoms with Crippen LogP contribution in [0.15, 0.2) is 60.7 Å². The van der Waals surface area contributed by atoms with Crippen molar-refractivity contribution in [3.05, 3.63) is 71.8 Å². The summed E-state index contributed by atoms with van der Waals surface area (Å²) in [5.74, 6) is -0.275. The second-order valence-corrected chi connectivity index (χ2v) is 5.96. The molecule has 0 N–H and O–H groups in total. The predicted octanol–water partition coefficient (Wildman–Crippen LogP) is 3.29. The van der Waals surface area contributed by atoms with Gasteiger partial charge in [-0.2, -0.15) is 0 Å². The lowest BCUT2D eigenvalue weighted by atomic mass is 10.1. The Kier molecular flexibility index (Phi) is 4.42. The van der Waals surface area contributed by atoms with Crippen LogP contribution in [0.1, 0.15) is 18.1 Å². The average molecular weight is 308 g/mol. The van der Waals surface area contributed by atoms with E-state index in [4.69, 9.17) is 0 Å². The van der Waals surface area contributed by atoms with Gasteiger partial charge in [-0.3, -0.25) is 9.69 Å². The van der Waals surface area contributed by atoms with Crippen LogP contribution in [0, 0.1) is 5.92 Å². The summed E-state index contributed by atoms with van der Waals surface area (Å²) in [6.45, 7) is 3.21. The van der Waals surface area contributed by atoms with Crippen molar-refractivity contribution in [2.75, 3.05) is 6.54 Å². The normalized spacial score (nSPS) is 18.4. The van der Waals surface area contributed by atoms with Gasteiger partial charge in [0.25, 0.3) is 0 Å². The van der Waals surface area contributed by atoms with Crippen LogP contribution in [0.25, 0.3) is 0 Å². The van der Waals surface area contributed by atoms with Crippen LogP contribution < -0.4 is 0 Å². The zero-order valence-corrected chi connectivity index (χ0v) is 13.2. The molecule has 118 valence electrons. The second kappa shape index (κ2) is 6.65. The van der Waals surface area contributed by atoms with Crippen LogP contribution in [0.5, 0.6) is 0 Å². The molecule has 2 aromatic rings. The molecular formula is C19H20N2O2. The van der Waals surface area contributed by atoms with Crippen LogP contribution in [0.4, 0.5) is 4.79 Å². The standard InChI is InChI=1S/C19H20N2O2/c1-15-12-20(13-16-8-4-2-5-9-16)19(23)21(18(15)22)14-17-10-6-3-7-11-17/h2-11,15H,12-14H2,1H3. The second-order valence-electron chi connectivity index (χ2n) is 5.96. The molecule has 1 aliphatic heterocycles. The van der Waals surface area contributed by atoms with E-state index in [0.29, 0.717) is 19.6 Å². The number of carbonyl (C=O) groups excluding carboxylic acids is 2. The molecule has 0 aromatic heterocycles. The largest absolute Gasteiger partial charge is 0.327 e. The Hall–Kier alpha value is -2.62. The van der Waals surface area contributed by atoms with E-state index in [0.717, 1.165) is 11.1 Å². The smallest absolute Gasteiger partial charge is 0.319 e. The zero-order chi connectivity index (χ0) is 16.2. The Balaban J connectivity index is 1.78. The molecule has 3 amide bonds. The number of nitrogens with zero attached hydrogens (tertiary/aromatic N) is 2. The monoisotopic (exact) mass is 308 g/mol. The molecule has 4 nitrogen and oxygen atoms in total. The third-order valence-electron chi connectivity index (χ3n) is 4.08. The first kappa shape index (κ1) is 15.3. The van der Waals surface area contributed by atoms with E-state index in [1.54, 1.807) is 4.90 Å². The Morgan fingerprint density at radius 2 is 1.39 bits per heavy atom. The van der Waals surface area contributed by atoms with Crippen LogP contribution >= 0.6 is 0 Å². The minimum absolute atomic E-state index is 0.0943. The number of carbonyl (C=O) groups is 2. The third-order valence-corrected chi connectivity index (χ3v) is 4.08. The van der Waals surface area contributed by atoms with E-state index in [1.807, 2.05) is 67.6 Å². The van der Waals surface area contributed by atoms with Crippen molar-refractivity contribution in [3.8, 4) is 0 Å². The Labute approximate surface area is 136 Å². The SMILES string of the molecule is CC1CN(Cc2ccccc2)C(=O)N(Cc2ccccc2)C1=O. The van der Waals surface area contributed by atoms with Crippen molar-refractivity contribution < 1.29 is 9.59 Å². The van der Waals surface area contributed by atoms with Gasteiger partial charge in [0, 0.05) is 13.1 Å². The molecule has 0 saturated carbocycles. The van der Waals surface area contributed by atoms with Gasteiger partial charge in [-0.15, -0.1) is 0 Å². The van der Waals surface area contributed by atoms with Gasteiger partial charge in [-0.1, -0.05) is 67.6 Å². The number of rotatable bonds is 4. The highest BCUT2D eigenvalue weighted by Gasteiger charge is 2.36. The number of hydrogen-bond donors (Lipinski definition) is 0. The minimum Gasteiger partial charge on any atom is -0.319 e. The van der Waals surface area contributed by atoms with E-state index in [9.17, 15) is 9.59 Å². The fourth-order valence-electron chi connectivity index (χ4n) is 2.87. The van der Waals surface area contributed by atoms with Crippen molar-refractivity contribution in [2.24, 2.45) is 5.92 Å². The van der Waals surface area contributed by atoms with Crippen LogP contribution in [0.3, 0.4) is 0 Å². The summed E-state index contributed by atoms with van der Waals surface area (Å²) in [7, 11) is 0. The molecule has 2 aromatic carbocycles. The fourth-order valence-corrected chi connectivity index (χ4v) is 2.87. The first-order valence-electron chi connectivity index (χ1n) is 7.83. The maximum absolute atomic E-state index is 12.7. The molecule has 23 heavy (non-hydrogen) atoms. The number of amides is 3. The number of urea groups is 1. The Morgan fingerprint density at radius 1 is 0.870 bits per heavy atom. The van der Waals surface area contributed by atoms with Crippen LogP contribution in [0.2, 0.25) is 0 Å². The van der Waals surface area contributed by atoms with Gasteiger partial charge in [0.05, 0.1) is 12.5 Å². The number of benzene rings is 2. The molecule has 1 saturated heterocycles. The predicted molar refractivity (Wildman–Crippen MR) is 88.4 cm³/mol. The van der Waals surface area contributed by atoms with Crippen molar-refractivity contribution >= 4 is 11.9 Å². The fraction of sp³-hybridized carbons (Fsp3) is 0.263. The molecule has 3 rings (SSSR count). The van der Waals surface area contributed by atoms with Gasteiger partial charge in [0.2, 0.25) is 5.91 Å². The molecule has 1 unspecified atom stereocenters. The van der Waals surface area contributed by atoms with Gasteiger partial charge < -0.3 is 4.90 Å². The summed E-state index contributed by atoms with van der Waals surface area (Å²) in [5, 5.41) is 0. The van der Waals surface area contributed by atoms with Crippen molar-refractivity contribution in [1.29, 1.82) is 0 Å². The molecule has 1 heterocycles. The summed E-state index contributed by atoms with van der Waals surface area (Å²) >= 11 is 0. The quantitative estimate of drug-likeness (QED) is 0.869. The van der Waals surface area contributed by atoms with Crippen LogP contribution in [-0.2, 0) is 17.9 Å². The van der Waals surface area contributed by atoms with E-state index < -0.39 is 0 Å². The van der Waals surface area contributed by atoms with E-state index in [1.165, 1.54) is 4.90 Å². The lowest BCUT2D eigenvalue weighted by molar-refractivity contribution is -0.136. The lowest BCUT2D eigenvalue weighted by Crippen LogP contribution is -2.55. The summed E-state index contributed by atoms with van der Waals surface area (Å²) in [5.41, 5.74) is 2.03. The molecule has 1 fully saturated rings. The van der Waals surface area contributed by atoms with Gasteiger partial charge >= 0.3 is 6.03 Å². The third kappa shape index (κ3) is 3.42. The van der Waals surface area contributed by atoms with E-state index in [2.05, 4.69) is 0 Å².